The number of aromatic nitrogens is 4. The number of fused-ring (bicyclic) bond motifs is 8. The van der Waals surface area contributed by atoms with Crippen LogP contribution in [-0.4, -0.2) is 172 Å². The normalized spacial score (nSPS) is 14.9. The Morgan fingerprint density at radius 3 is 1.68 bits per heavy atom. The molecule has 3 aromatic heterocycles. The van der Waals surface area contributed by atoms with Gasteiger partial charge in [-0.2, -0.15) is 0 Å². The van der Waals surface area contributed by atoms with E-state index in [4.69, 9.17) is 71.5 Å². The molecule has 0 spiro atoms. The van der Waals surface area contributed by atoms with Gasteiger partial charge in [-0.1, -0.05) is 20.8 Å². The van der Waals surface area contributed by atoms with Gasteiger partial charge in [-0.15, -0.1) is 0 Å². The van der Waals surface area contributed by atoms with Gasteiger partial charge >= 0.3 is 5.97 Å². The van der Waals surface area contributed by atoms with E-state index in [9.17, 15) is 9.59 Å². The summed E-state index contributed by atoms with van der Waals surface area (Å²) in [4.78, 5) is 46.2. The van der Waals surface area contributed by atoms with E-state index in [1.54, 1.807) is 33.5 Å². The van der Waals surface area contributed by atoms with Crippen LogP contribution in [0.2, 0.25) is 0 Å². The van der Waals surface area contributed by atoms with E-state index in [1.165, 1.54) is 11.1 Å². The van der Waals surface area contributed by atoms with Gasteiger partial charge in [0.05, 0.1) is 137 Å². The largest absolute Gasteiger partial charge is 0.487 e. The number of H-pyrrole nitrogens is 2. The number of Topliss-reactive ketones (excluding diaryl/α,β-unsaturated/α-hetero) is 1. The molecule has 20 heteroatoms. The Morgan fingerprint density at radius 2 is 1.14 bits per heavy atom. The molecule has 1 aromatic carbocycles. The van der Waals surface area contributed by atoms with E-state index in [-0.39, 0.29) is 76.7 Å². The number of hydrogen-bond acceptors (Lipinski definition) is 17. The zero-order chi connectivity index (χ0) is 57.7. The lowest BCUT2D eigenvalue weighted by Crippen LogP contribution is -2.16. The van der Waals surface area contributed by atoms with Crippen molar-refractivity contribution in [3.8, 4) is 17.2 Å². The number of nitrogens with one attached hydrogen (secondary N) is 2. The van der Waals surface area contributed by atoms with E-state index in [1.807, 2.05) is 6.92 Å². The first-order valence-corrected chi connectivity index (χ1v) is 29.1. The molecule has 8 bridgehead atoms. The molecule has 2 N–H and O–H groups in total. The number of methoxy groups -OCH3 is 3. The molecular weight excluding hydrogens is 1110 g/mol. The maximum Gasteiger partial charge on any atom is 0.306 e. The Hall–Kier alpha value is -5.26. The molecule has 7 rings (SSSR count). The molecule has 0 radical (unpaired) electrons. The Bertz CT molecular complexity index is 2890. The molecule has 0 saturated carbocycles. The maximum atomic E-state index is 14.1. The Balaban J connectivity index is 1.14. The zero-order valence-electron chi connectivity index (χ0n) is 48.8. The van der Waals surface area contributed by atoms with Gasteiger partial charge in [0.25, 0.3) is 0 Å². The van der Waals surface area contributed by atoms with Gasteiger partial charge in [0.15, 0.2) is 17.3 Å². The van der Waals surface area contributed by atoms with Crippen LogP contribution in [0.5, 0.6) is 17.2 Å². The molecular formula is C61H83BrN4O15. The van der Waals surface area contributed by atoms with Crippen LogP contribution in [0.25, 0.3) is 33.2 Å². The molecule has 0 amide bonds. The highest BCUT2D eigenvalue weighted by Gasteiger charge is 2.37. The number of carbonyl (C=O) groups is 2. The Morgan fingerprint density at radius 1 is 0.617 bits per heavy atom. The molecule has 4 aromatic rings. The van der Waals surface area contributed by atoms with Gasteiger partial charge in [0, 0.05) is 68.2 Å². The summed E-state index contributed by atoms with van der Waals surface area (Å²) in [6.45, 7) is 19.2. The number of esters is 1. The fourth-order valence-electron chi connectivity index (χ4n) is 10.3. The summed E-state index contributed by atoms with van der Waals surface area (Å²) in [5, 5.41) is 0. The number of ketones is 1. The summed E-state index contributed by atoms with van der Waals surface area (Å²) in [5.41, 5.74) is 14.7. The number of nitrogens with zero attached hydrogens (tertiary/aromatic N) is 2. The van der Waals surface area contributed by atoms with Crippen molar-refractivity contribution in [1.29, 1.82) is 0 Å². The monoisotopic (exact) mass is 1190 g/mol. The minimum absolute atomic E-state index is 0.0380. The summed E-state index contributed by atoms with van der Waals surface area (Å²) in [6.07, 6.45) is 2.34. The molecule has 2 aliphatic heterocycles. The second-order valence-corrected chi connectivity index (χ2v) is 20.7. The SMILES string of the molecule is CCC1=C(C)c2cc3[nH]c(c(C)c3CC)c(Br)c3nc(c4c5[nH]c(cc1n2)c(C)c5C(=O)C4)[C@@H](CCC(=O)OCc1cc(OCCOCCOCCOC)c(OCCOCCOCCOC)c(OCCOCCOCCOC)c1)[C@@H]3C. The van der Waals surface area contributed by atoms with Crippen LogP contribution in [0.3, 0.4) is 0 Å². The van der Waals surface area contributed by atoms with E-state index in [2.05, 4.69) is 72.6 Å². The van der Waals surface area contributed by atoms with Crippen molar-refractivity contribution in [2.75, 3.05) is 140 Å². The van der Waals surface area contributed by atoms with E-state index < -0.39 is 5.97 Å². The highest BCUT2D eigenvalue weighted by molar-refractivity contribution is 9.10. The third-order valence-corrected chi connectivity index (χ3v) is 15.5. The molecule has 0 unspecified atom stereocenters. The van der Waals surface area contributed by atoms with Gasteiger partial charge in [-0.25, -0.2) is 4.98 Å². The van der Waals surface area contributed by atoms with Gasteiger partial charge in [0.1, 0.15) is 26.4 Å². The molecule has 1 aliphatic carbocycles. The number of halogens is 1. The van der Waals surface area contributed by atoms with Crippen molar-refractivity contribution >= 4 is 60.9 Å². The maximum absolute atomic E-state index is 14.1. The number of rotatable bonds is 37. The standard InChI is InChI=1S/C61H83BrN4O15/c1-10-43-38(3)47-35-50-44(11-2)39(4)57(65-50)56(62)58-40(5)45(59(66-58)46-34-51(67)55-41(6)48(64-60(46)55)36-49(43)63-47)12-13-54(68)81-37-42-32-52(78-29-26-75-23-20-72-17-14-69-7)61(80-31-28-77-25-22-74-19-16-71-9)53(33-42)79-30-27-76-24-21-73-18-15-70-8/h32-33,35-36,40,45,64-65H,10-31,34,37H2,1-9H3/t40-,45-/m0/s1. The molecule has 81 heavy (non-hydrogen) atoms. The number of aryl methyl sites for hydroxylation is 3. The Kier molecular flexibility index (Phi) is 25.4. The zero-order valence-corrected chi connectivity index (χ0v) is 50.4. The third-order valence-electron chi connectivity index (χ3n) is 14.7. The first kappa shape index (κ1) is 63.3. The lowest BCUT2D eigenvalue weighted by Gasteiger charge is -2.19. The van der Waals surface area contributed by atoms with Crippen LogP contribution in [0.15, 0.2) is 28.7 Å². The highest BCUT2D eigenvalue weighted by Crippen LogP contribution is 2.47. The van der Waals surface area contributed by atoms with Crippen LogP contribution < -0.4 is 14.2 Å². The lowest BCUT2D eigenvalue weighted by atomic mass is 9.85. The fraction of sp³-hybridized carbons (Fsp3) is 0.574. The lowest BCUT2D eigenvalue weighted by molar-refractivity contribution is -0.145. The molecule has 444 valence electrons. The van der Waals surface area contributed by atoms with Crippen LogP contribution in [-0.2, 0) is 71.6 Å². The Labute approximate surface area is 484 Å². The average Bonchev–Trinajstić information content (AvgIpc) is 4.24. The molecule has 3 aliphatic rings. The number of carbonyl (C=O) groups excluding carboxylic acids is 2. The van der Waals surface area contributed by atoms with Crippen LogP contribution >= 0.6 is 15.9 Å². The number of aromatic amines is 2. The molecule has 2 atom stereocenters. The van der Waals surface area contributed by atoms with Crippen molar-refractivity contribution in [1.82, 2.24) is 19.9 Å². The first-order chi connectivity index (χ1) is 39.4. The highest BCUT2D eigenvalue weighted by atomic mass is 79.9. The predicted octanol–water partition coefficient (Wildman–Crippen LogP) is 9.92. The van der Waals surface area contributed by atoms with Crippen LogP contribution in [0, 0.1) is 13.8 Å². The van der Waals surface area contributed by atoms with Crippen LogP contribution in [0.4, 0.5) is 0 Å². The summed E-state index contributed by atoms with van der Waals surface area (Å²) in [5.74, 6) is 0.373. The van der Waals surface area contributed by atoms with Crippen LogP contribution in [0.1, 0.15) is 120 Å². The topological polar surface area (TPSA) is 211 Å². The van der Waals surface area contributed by atoms with E-state index in [0.29, 0.717) is 114 Å². The number of hydrogen-bond donors (Lipinski definition) is 2. The minimum Gasteiger partial charge on any atom is -0.487 e. The van der Waals surface area contributed by atoms with Gasteiger partial charge in [0.2, 0.25) is 5.75 Å². The van der Waals surface area contributed by atoms with E-state index in [0.717, 1.165) is 84.4 Å². The van der Waals surface area contributed by atoms with Crippen molar-refractivity contribution in [3.63, 3.8) is 0 Å². The van der Waals surface area contributed by atoms with Crippen molar-refractivity contribution in [3.05, 3.63) is 84.9 Å². The van der Waals surface area contributed by atoms with Crippen molar-refractivity contribution in [2.24, 2.45) is 0 Å². The summed E-state index contributed by atoms with van der Waals surface area (Å²) in [6, 6.07) is 7.80. The van der Waals surface area contributed by atoms with Gasteiger partial charge < -0.3 is 71.5 Å². The second kappa shape index (κ2) is 32.5. The molecule has 5 heterocycles. The predicted molar refractivity (Wildman–Crippen MR) is 312 cm³/mol. The summed E-state index contributed by atoms with van der Waals surface area (Å²) in [7, 11) is 4.88. The number of ether oxygens (including phenoxy) is 13. The third kappa shape index (κ3) is 16.7. The van der Waals surface area contributed by atoms with Gasteiger partial charge in [-0.3, -0.25) is 14.6 Å². The smallest absolute Gasteiger partial charge is 0.306 e. The average molecular weight is 1190 g/mol. The van der Waals surface area contributed by atoms with Crippen molar-refractivity contribution < 1.29 is 71.2 Å². The molecule has 19 nitrogen and oxygen atoms in total. The quantitative estimate of drug-likeness (QED) is 0.0318. The van der Waals surface area contributed by atoms with Crippen molar-refractivity contribution in [2.45, 2.75) is 92.1 Å². The second-order valence-electron chi connectivity index (χ2n) is 19.9. The van der Waals surface area contributed by atoms with E-state index >= 15 is 0 Å². The minimum atomic E-state index is -0.399. The van der Waals surface area contributed by atoms with Gasteiger partial charge in [-0.05, 0) is 114 Å². The fourth-order valence-corrected chi connectivity index (χ4v) is 11.2. The molecule has 0 fully saturated rings. The number of allylic oxidation sites excluding steroid dienone is 2. The summed E-state index contributed by atoms with van der Waals surface area (Å²) >= 11 is 4.04. The summed E-state index contributed by atoms with van der Waals surface area (Å²) < 4.78 is 75.1. The number of benzene rings is 1. The first-order valence-electron chi connectivity index (χ1n) is 28.3. The molecule has 0 saturated heterocycles.